The van der Waals surface area contributed by atoms with E-state index in [-0.39, 0.29) is 13.1 Å². The molecular formula is C9H16F2N2. The van der Waals surface area contributed by atoms with Crippen molar-refractivity contribution < 1.29 is 8.78 Å². The number of halogens is 2. The van der Waals surface area contributed by atoms with Gasteiger partial charge in [0.2, 0.25) is 0 Å². The van der Waals surface area contributed by atoms with Gasteiger partial charge in [0.15, 0.2) is 0 Å². The standard InChI is InChI=1S/C9H16F2N2/c1-12-5-9(10,11)6-13-3-2-7-4-8(7)13/h7-8,12H,2-6H2,1H3. The van der Waals surface area contributed by atoms with E-state index in [0.717, 1.165) is 25.3 Å². The van der Waals surface area contributed by atoms with Crippen LogP contribution in [0.25, 0.3) is 0 Å². The highest BCUT2D eigenvalue weighted by molar-refractivity contribution is 5.02. The first-order valence-electron chi connectivity index (χ1n) is 4.89. The van der Waals surface area contributed by atoms with Gasteiger partial charge in [-0.15, -0.1) is 0 Å². The molecule has 2 unspecified atom stereocenters. The minimum Gasteiger partial charge on any atom is -0.314 e. The predicted octanol–water partition coefficient (Wildman–Crippen LogP) is 0.935. The monoisotopic (exact) mass is 190 g/mol. The molecular weight excluding hydrogens is 174 g/mol. The van der Waals surface area contributed by atoms with Crippen molar-refractivity contribution in [2.75, 3.05) is 26.7 Å². The van der Waals surface area contributed by atoms with Crippen molar-refractivity contribution in [3.05, 3.63) is 0 Å². The van der Waals surface area contributed by atoms with Gasteiger partial charge in [-0.2, -0.15) is 0 Å². The molecule has 1 aliphatic carbocycles. The second kappa shape index (κ2) is 3.17. The molecule has 2 nitrogen and oxygen atoms in total. The summed E-state index contributed by atoms with van der Waals surface area (Å²) in [6, 6.07) is 0.489. The van der Waals surface area contributed by atoms with Gasteiger partial charge in [-0.1, -0.05) is 0 Å². The molecule has 1 saturated heterocycles. The summed E-state index contributed by atoms with van der Waals surface area (Å²) in [5, 5.41) is 2.53. The number of likely N-dealkylation sites (tertiary alicyclic amines) is 1. The minimum atomic E-state index is -2.56. The van der Waals surface area contributed by atoms with E-state index in [9.17, 15) is 8.78 Å². The fraction of sp³-hybridized carbons (Fsp3) is 1.00. The van der Waals surface area contributed by atoms with Crippen LogP contribution in [0.4, 0.5) is 8.78 Å². The van der Waals surface area contributed by atoms with Gasteiger partial charge in [-0.3, -0.25) is 4.90 Å². The molecule has 0 aromatic heterocycles. The summed E-state index contributed by atoms with van der Waals surface area (Å²) in [7, 11) is 1.57. The lowest BCUT2D eigenvalue weighted by Crippen LogP contribution is -2.42. The van der Waals surface area contributed by atoms with Crippen LogP contribution < -0.4 is 5.32 Å². The molecule has 0 aromatic rings. The molecule has 1 N–H and O–H groups in total. The summed E-state index contributed by atoms with van der Waals surface area (Å²) >= 11 is 0. The van der Waals surface area contributed by atoms with Gasteiger partial charge in [0, 0.05) is 6.04 Å². The Morgan fingerprint density at radius 1 is 1.54 bits per heavy atom. The lowest BCUT2D eigenvalue weighted by Gasteiger charge is -2.24. The Kier molecular flexibility index (Phi) is 2.28. The second-order valence-corrected chi connectivity index (χ2v) is 4.21. The molecule has 4 heteroatoms. The molecule has 1 heterocycles. The maximum Gasteiger partial charge on any atom is 0.272 e. The van der Waals surface area contributed by atoms with E-state index in [4.69, 9.17) is 0 Å². The largest absolute Gasteiger partial charge is 0.314 e. The molecule has 1 aliphatic heterocycles. The highest BCUT2D eigenvalue weighted by atomic mass is 19.3. The molecule has 0 radical (unpaired) electrons. The molecule has 0 bridgehead atoms. The third-order valence-corrected chi connectivity index (χ3v) is 3.01. The number of nitrogens with zero attached hydrogens (tertiary/aromatic N) is 1. The molecule has 1 saturated carbocycles. The summed E-state index contributed by atoms with van der Waals surface area (Å²) in [6.45, 7) is 0.602. The SMILES string of the molecule is CNCC(F)(F)CN1CCC2CC21. The van der Waals surface area contributed by atoms with Crippen LogP contribution in [0, 0.1) is 5.92 Å². The number of hydrogen-bond donors (Lipinski definition) is 1. The van der Waals surface area contributed by atoms with Gasteiger partial charge in [0.05, 0.1) is 13.1 Å². The molecule has 2 aliphatic rings. The topological polar surface area (TPSA) is 15.3 Å². The van der Waals surface area contributed by atoms with E-state index in [2.05, 4.69) is 5.32 Å². The van der Waals surface area contributed by atoms with Crippen molar-refractivity contribution in [1.29, 1.82) is 0 Å². The van der Waals surface area contributed by atoms with Crippen LogP contribution in [0.1, 0.15) is 12.8 Å². The Morgan fingerprint density at radius 2 is 2.31 bits per heavy atom. The van der Waals surface area contributed by atoms with Crippen molar-refractivity contribution in [2.24, 2.45) is 5.92 Å². The number of fused-ring (bicyclic) bond motifs is 1. The Morgan fingerprint density at radius 3 is 2.77 bits per heavy atom. The summed E-state index contributed by atoms with van der Waals surface area (Å²) in [4.78, 5) is 1.95. The van der Waals surface area contributed by atoms with Crippen molar-refractivity contribution in [3.63, 3.8) is 0 Å². The van der Waals surface area contributed by atoms with Crippen LogP contribution in [0.2, 0.25) is 0 Å². The van der Waals surface area contributed by atoms with Gasteiger partial charge in [0.1, 0.15) is 0 Å². The molecule has 0 amide bonds. The van der Waals surface area contributed by atoms with Gasteiger partial charge in [-0.25, -0.2) is 8.78 Å². The number of piperidine rings is 1. The third kappa shape index (κ3) is 1.99. The second-order valence-electron chi connectivity index (χ2n) is 4.21. The van der Waals surface area contributed by atoms with Crippen molar-refractivity contribution in [3.8, 4) is 0 Å². The Hall–Kier alpha value is -0.220. The number of alkyl halides is 2. The lowest BCUT2D eigenvalue weighted by molar-refractivity contribution is -0.0277. The zero-order valence-corrected chi connectivity index (χ0v) is 7.89. The van der Waals surface area contributed by atoms with Crippen LogP contribution in [0.15, 0.2) is 0 Å². The molecule has 0 spiro atoms. The van der Waals surface area contributed by atoms with E-state index in [1.807, 2.05) is 4.90 Å². The molecule has 2 atom stereocenters. The van der Waals surface area contributed by atoms with E-state index in [1.54, 1.807) is 7.05 Å². The van der Waals surface area contributed by atoms with Crippen molar-refractivity contribution in [2.45, 2.75) is 24.8 Å². The van der Waals surface area contributed by atoms with E-state index >= 15 is 0 Å². The summed E-state index contributed by atoms with van der Waals surface area (Å²) in [5.74, 6) is -1.82. The zero-order valence-electron chi connectivity index (χ0n) is 7.89. The Labute approximate surface area is 77.3 Å². The highest BCUT2D eigenvalue weighted by Crippen LogP contribution is 2.44. The van der Waals surface area contributed by atoms with Crippen LogP contribution in [-0.4, -0.2) is 43.5 Å². The smallest absolute Gasteiger partial charge is 0.272 e. The van der Waals surface area contributed by atoms with Crippen molar-refractivity contribution >= 4 is 0 Å². The average molecular weight is 190 g/mol. The fourth-order valence-corrected chi connectivity index (χ4v) is 2.29. The van der Waals surface area contributed by atoms with E-state index in [1.165, 1.54) is 0 Å². The first-order chi connectivity index (χ1) is 6.12. The van der Waals surface area contributed by atoms with Crippen LogP contribution in [-0.2, 0) is 0 Å². The van der Waals surface area contributed by atoms with Crippen LogP contribution >= 0.6 is 0 Å². The first kappa shape index (κ1) is 9.34. The normalized spacial score (nSPS) is 33.5. The highest BCUT2D eigenvalue weighted by Gasteiger charge is 2.49. The molecule has 76 valence electrons. The Balaban J connectivity index is 1.82. The maximum atomic E-state index is 13.2. The summed E-state index contributed by atoms with van der Waals surface area (Å²) < 4.78 is 26.3. The minimum absolute atomic E-state index is 0.0605. The molecule has 0 aromatic carbocycles. The van der Waals surface area contributed by atoms with Gasteiger partial charge < -0.3 is 5.32 Å². The molecule has 13 heavy (non-hydrogen) atoms. The van der Waals surface area contributed by atoms with Gasteiger partial charge in [-0.05, 0) is 32.4 Å². The van der Waals surface area contributed by atoms with Crippen LogP contribution in [0.5, 0.6) is 0 Å². The number of nitrogens with one attached hydrogen (secondary N) is 1. The average Bonchev–Trinajstić information content (AvgIpc) is 2.70. The molecule has 2 fully saturated rings. The third-order valence-electron chi connectivity index (χ3n) is 3.01. The van der Waals surface area contributed by atoms with E-state index in [0.29, 0.717) is 6.04 Å². The van der Waals surface area contributed by atoms with Crippen molar-refractivity contribution in [1.82, 2.24) is 10.2 Å². The first-order valence-corrected chi connectivity index (χ1v) is 4.89. The maximum absolute atomic E-state index is 13.2. The summed E-state index contributed by atoms with van der Waals surface area (Å²) in [6.07, 6.45) is 2.27. The molecule has 2 rings (SSSR count). The Bertz CT molecular complexity index is 196. The van der Waals surface area contributed by atoms with Gasteiger partial charge >= 0.3 is 0 Å². The summed E-state index contributed by atoms with van der Waals surface area (Å²) in [5.41, 5.74) is 0. The quantitative estimate of drug-likeness (QED) is 0.709. The van der Waals surface area contributed by atoms with E-state index < -0.39 is 5.92 Å². The number of hydrogen-bond acceptors (Lipinski definition) is 2. The lowest BCUT2D eigenvalue weighted by atomic mass is 10.3. The van der Waals surface area contributed by atoms with Crippen LogP contribution in [0.3, 0.4) is 0 Å². The fourth-order valence-electron chi connectivity index (χ4n) is 2.29. The van der Waals surface area contributed by atoms with Gasteiger partial charge in [0.25, 0.3) is 5.92 Å². The zero-order chi connectivity index (χ0) is 9.47. The predicted molar refractivity (Wildman–Crippen MR) is 47.0 cm³/mol. The number of rotatable bonds is 4.